The van der Waals surface area contributed by atoms with Crippen molar-refractivity contribution >= 4 is 11.7 Å². The lowest BCUT2D eigenvalue weighted by Crippen LogP contribution is -2.28. The van der Waals surface area contributed by atoms with E-state index in [1.165, 1.54) is 0 Å². The molecule has 1 fully saturated rings. The minimum Gasteiger partial charge on any atom is -0.454 e. The number of benzene rings is 2. The summed E-state index contributed by atoms with van der Waals surface area (Å²) in [5.41, 5.74) is 2.47. The number of fused-ring (bicyclic) bond motifs is 1. The maximum absolute atomic E-state index is 13.1. The zero-order valence-electron chi connectivity index (χ0n) is 15.5. The number of nitrogens with one attached hydrogen (secondary N) is 1. The largest absolute Gasteiger partial charge is 0.454 e. The van der Waals surface area contributed by atoms with Crippen molar-refractivity contribution in [3.05, 3.63) is 71.8 Å². The van der Waals surface area contributed by atoms with Gasteiger partial charge in [0, 0.05) is 5.56 Å². The minimum absolute atomic E-state index is 0.0770. The van der Waals surface area contributed by atoms with Crippen molar-refractivity contribution in [1.82, 2.24) is 4.98 Å². The number of pyridine rings is 1. The molecule has 0 radical (unpaired) electrons. The molecule has 1 aliphatic carbocycles. The molecule has 3 aromatic rings. The summed E-state index contributed by atoms with van der Waals surface area (Å²) in [6.07, 6.45) is 1.56. The van der Waals surface area contributed by atoms with E-state index < -0.39 is 5.41 Å². The third-order valence-corrected chi connectivity index (χ3v) is 5.39. The van der Waals surface area contributed by atoms with Gasteiger partial charge in [-0.25, -0.2) is 4.98 Å². The van der Waals surface area contributed by atoms with Crippen LogP contribution in [0.3, 0.4) is 0 Å². The Labute approximate surface area is 167 Å². The number of ether oxygens (including phenoxy) is 2. The van der Waals surface area contributed by atoms with Gasteiger partial charge in [-0.3, -0.25) is 4.79 Å². The van der Waals surface area contributed by atoms with Gasteiger partial charge in [0.25, 0.3) is 0 Å². The van der Waals surface area contributed by atoms with E-state index in [0.29, 0.717) is 28.6 Å². The number of hydrogen-bond acceptors (Lipinski definition) is 5. The summed E-state index contributed by atoms with van der Waals surface area (Å²) in [5.74, 6) is 1.80. The standard InChI is InChI=1S/C23H17N3O3/c24-13-15-3-1-4-16(11-15)18-5-2-6-21(25-18)26-22(27)23(9-10-23)17-7-8-19-20(12-17)29-14-28-19/h1-8,11-12H,9-10,14H2,(H,25,26,27). The molecule has 0 unspecified atom stereocenters. The van der Waals surface area contributed by atoms with Gasteiger partial charge in [0.2, 0.25) is 12.7 Å². The van der Waals surface area contributed by atoms with Crippen molar-refractivity contribution in [3.63, 3.8) is 0 Å². The Morgan fingerprint density at radius 1 is 1.03 bits per heavy atom. The van der Waals surface area contributed by atoms with Crippen molar-refractivity contribution in [2.45, 2.75) is 18.3 Å². The fourth-order valence-electron chi connectivity index (χ4n) is 3.62. The first-order valence-electron chi connectivity index (χ1n) is 9.37. The number of rotatable bonds is 4. The predicted molar refractivity (Wildman–Crippen MR) is 106 cm³/mol. The van der Waals surface area contributed by atoms with Crippen molar-refractivity contribution < 1.29 is 14.3 Å². The van der Waals surface area contributed by atoms with Gasteiger partial charge in [0.05, 0.1) is 22.7 Å². The maximum Gasteiger partial charge on any atom is 0.236 e. The van der Waals surface area contributed by atoms with E-state index in [1.807, 2.05) is 42.5 Å². The Balaban J connectivity index is 1.39. The Hall–Kier alpha value is -3.85. The first-order chi connectivity index (χ1) is 14.2. The van der Waals surface area contributed by atoms with E-state index in [4.69, 9.17) is 14.7 Å². The fraction of sp³-hybridized carbons (Fsp3) is 0.174. The van der Waals surface area contributed by atoms with Crippen LogP contribution in [0.15, 0.2) is 60.7 Å². The van der Waals surface area contributed by atoms with Crippen LogP contribution in [0, 0.1) is 11.3 Å². The molecule has 2 aliphatic rings. The molecule has 6 nitrogen and oxygen atoms in total. The SMILES string of the molecule is N#Cc1cccc(-c2cccc(NC(=O)C3(c4ccc5c(c4)OCO5)CC3)n2)c1. The van der Waals surface area contributed by atoms with Crippen LogP contribution < -0.4 is 14.8 Å². The summed E-state index contributed by atoms with van der Waals surface area (Å²) < 4.78 is 10.8. The summed E-state index contributed by atoms with van der Waals surface area (Å²) in [7, 11) is 0. The van der Waals surface area contributed by atoms with Crippen LogP contribution >= 0.6 is 0 Å². The lowest BCUT2D eigenvalue weighted by Gasteiger charge is -2.16. The molecule has 0 atom stereocenters. The zero-order chi connectivity index (χ0) is 19.8. The topological polar surface area (TPSA) is 84.2 Å². The van der Waals surface area contributed by atoms with E-state index >= 15 is 0 Å². The molecule has 1 aromatic heterocycles. The van der Waals surface area contributed by atoms with Crippen LogP contribution in [-0.4, -0.2) is 17.7 Å². The van der Waals surface area contributed by atoms with Gasteiger partial charge in [-0.15, -0.1) is 0 Å². The monoisotopic (exact) mass is 383 g/mol. The Kier molecular flexibility index (Phi) is 3.95. The molecule has 29 heavy (non-hydrogen) atoms. The second-order valence-electron chi connectivity index (χ2n) is 7.20. The third kappa shape index (κ3) is 3.07. The Morgan fingerprint density at radius 3 is 2.69 bits per heavy atom. The van der Waals surface area contributed by atoms with Gasteiger partial charge in [-0.05, 0) is 54.8 Å². The van der Waals surface area contributed by atoms with E-state index in [1.54, 1.807) is 18.2 Å². The molecule has 2 aromatic carbocycles. The summed E-state index contributed by atoms with van der Waals surface area (Å²) in [5, 5.41) is 12.1. The van der Waals surface area contributed by atoms with Crippen LogP contribution in [0.25, 0.3) is 11.3 Å². The minimum atomic E-state index is -0.556. The van der Waals surface area contributed by atoms with Crippen molar-refractivity contribution in [2.75, 3.05) is 12.1 Å². The predicted octanol–water partition coefficient (Wildman–Crippen LogP) is 4.02. The van der Waals surface area contributed by atoms with E-state index in [9.17, 15) is 4.79 Å². The molecule has 0 spiro atoms. The molecular weight excluding hydrogens is 366 g/mol. The summed E-state index contributed by atoms with van der Waals surface area (Å²) in [6.45, 7) is 0.210. The van der Waals surface area contributed by atoms with Crippen LogP contribution in [-0.2, 0) is 10.2 Å². The summed E-state index contributed by atoms with van der Waals surface area (Å²) >= 11 is 0. The van der Waals surface area contributed by atoms with Gasteiger partial charge in [0.15, 0.2) is 11.5 Å². The average Bonchev–Trinajstić information content (AvgIpc) is 3.45. The van der Waals surface area contributed by atoms with Crippen LogP contribution in [0.5, 0.6) is 11.5 Å². The summed E-state index contributed by atoms with van der Waals surface area (Å²) in [4.78, 5) is 17.6. The van der Waals surface area contributed by atoms with Gasteiger partial charge in [-0.2, -0.15) is 5.26 Å². The van der Waals surface area contributed by atoms with E-state index in [0.717, 1.165) is 24.0 Å². The molecule has 0 bridgehead atoms. The second-order valence-corrected chi connectivity index (χ2v) is 7.20. The molecule has 1 N–H and O–H groups in total. The molecule has 5 rings (SSSR count). The van der Waals surface area contributed by atoms with Crippen molar-refractivity contribution in [1.29, 1.82) is 5.26 Å². The highest BCUT2D eigenvalue weighted by atomic mass is 16.7. The van der Waals surface area contributed by atoms with Gasteiger partial charge < -0.3 is 14.8 Å². The van der Waals surface area contributed by atoms with Gasteiger partial charge >= 0.3 is 0 Å². The van der Waals surface area contributed by atoms with Crippen LogP contribution in [0.4, 0.5) is 5.82 Å². The number of anilines is 1. The fourth-order valence-corrected chi connectivity index (χ4v) is 3.62. The number of carbonyl (C=O) groups is 1. The summed E-state index contributed by atoms with van der Waals surface area (Å²) in [6, 6.07) is 20.5. The van der Waals surface area contributed by atoms with Gasteiger partial charge in [-0.1, -0.05) is 24.3 Å². The number of nitrogens with zero attached hydrogens (tertiary/aromatic N) is 2. The second kappa shape index (κ2) is 6.64. The number of nitriles is 1. The molecular formula is C23H17N3O3. The van der Waals surface area contributed by atoms with E-state index in [2.05, 4.69) is 16.4 Å². The highest BCUT2D eigenvalue weighted by Gasteiger charge is 2.51. The molecule has 6 heteroatoms. The van der Waals surface area contributed by atoms with Gasteiger partial charge in [0.1, 0.15) is 5.82 Å². The maximum atomic E-state index is 13.1. The van der Waals surface area contributed by atoms with E-state index in [-0.39, 0.29) is 12.7 Å². The zero-order valence-corrected chi connectivity index (χ0v) is 15.5. The quantitative estimate of drug-likeness (QED) is 0.736. The molecule has 142 valence electrons. The lowest BCUT2D eigenvalue weighted by atomic mass is 9.94. The molecule has 0 saturated heterocycles. The molecule has 2 heterocycles. The number of aromatic nitrogens is 1. The number of carbonyl (C=O) groups excluding carboxylic acids is 1. The smallest absolute Gasteiger partial charge is 0.236 e. The third-order valence-electron chi connectivity index (χ3n) is 5.39. The number of amides is 1. The molecule has 1 amide bonds. The highest BCUT2D eigenvalue weighted by molar-refractivity contribution is 6.01. The van der Waals surface area contributed by atoms with Crippen molar-refractivity contribution in [2.24, 2.45) is 0 Å². The molecule has 1 saturated carbocycles. The normalized spacial score (nSPS) is 15.4. The Morgan fingerprint density at radius 2 is 1.86 bits per heavy atom. The lowest BCUT2D eigenvalue weighted by molar-refractivity contribution is -0.118. The number of hydrogen-bond donors (Lipinski definition) is 1. The Bertz CT molecular complexity index is 1160. The highest BCUT2D eigenvalue weighted by Crippen LogP contribution is 2.51. The first kappa shape index (κ1) is 17.3. The first-order valence-corrected chi connectivity index (χ1v) is 9.37. The van der Waals surface area contributed by atoms with Crippen LogP contribution in [0.2, 0.25) is 0 Å². The molecule has 1 aliphatic heterocycles. The van der Waals surface area contributed by atoms with Crippen molar-refractivity contribution in [3.8, 4) is 28.8 Å². The van der Waals surface area contributed by atoms with Crippen LogP contribution in [0.1, 0.15) is 24.0 Å². The average molecular weight is 383 g/mol.